The van der Waals surface area contributed by atoms with Gasteiger partial charge in [-0.05, 0) is 57.5 Å². The molecule has 3 nitrogen and oxygen atoms in total. The van der Waals surface area contributed by atoms with Gasteiger partial charge in [-0.3, -0.25) is 4.79 Å². The Morgan fingerprint density at radius 2 is 2.00 bits per heavy atom. The average Bonchev–Trinajstić information content (AvgIpc) is 2.80. The van der Waals surface area contributed by atoms with Crippen LogP contribution in [0.2, 0.25) is 0 Å². The lowest BCUT2D eigenvalue weighted by Gasteiger charge is -2.45. The first-order valence-corrected chi connectivity index (χ1v) is 8.16. The number of amides is 1. The summed E-state index contributed by atoms with van der Waals surface area (Å²) < 4.78 is 0.970. The highest BCUT2D eigenvalue weighted by molar-refractivity contribution is 9.10. The maximum atomic E-state index is 12.9. The molecule has 1 spiro atoms. The summed E-state index contributed by atoms with van der Waals surface area (Å²) >= 11 is 3.46. The van der Waals surface area contributed by atoms with Gasteiger partial charge in [0, 0.05) is 23.1 Å². The van der Waals surface area contributed by atoms with Gasteiger partial charge < -0.3 is 9.80 Å². The second kappa shape index (κ2) is 5.49. The van der Waals surface area contributed by atoms with Crippen LogP contribution in [0.3, 0.4) is 0 Å². The van der Waals surface area contributed by atoms with Crippen molar-refractivity contribution in [2.45, 2.75) is 31.2 Å². The van der Waals surface area contributed by atoms with Crippen molar-refractivity contribution < 1.29 is 4.79 Å². The molecule has 0 bridgehead atoms. The molecule has 2 aliphatic rings. The molecule has 108 valence electrons. The van der Waals surface area contributed by atoms with E-state index in [1.54, 1.807) is 0 Å². The molecule has 0 aliphatic carbocycles. The van der Waals surface area contributed by atoms with Crippen molar-refractivity contribution in [2.75, 3.05) is 26.7 Å². The molecule has 0 saturated carbocycles. The van der Waals surface area contributed by atoms with Crippen LogP contribution in [-0.2, 0) is 0 Å². The zero-order valence-corrected chi connectivity index (χ0v) is 13.5. The van der Waals surface area contributed by atoms with Crippen molar-refractivity contribution in [2.24, 2.45) is 0 Å². The smallest absolute Gasteiger partial charge is 0.254 e. The lowest BCUT2D eigenvalue weighted by atomic mass is 9.86. The van der Waals surface area contributed by atoms with E-state index in [2.05, 4.69) is 32.8 Å². The van der Waals surface area contributed by atoms with Crippen molar-refractivity contribution in [3.8, 4) is 0 Å². The Hall–Kier alpha value is -0.870. The fraction of sp³-hybridized carbons (Fsp3) is 0.562. The van der Waals surface area contributed by atoms with Crippen LogP contribution in [0.5, 0.6) is 0 Å². The summed E-state index contributed by atoms with van der Waals surface area (Å²) in [5.74, 6) is 0.194. The Morgan fingerprint density at radius 3 is 2.70 bits per heavy atom. The monoisotopic (exact) mass is 336 g/mol. The number of carbonyl (C=O) groups excluding carboxylic acids is 1. The van der Waals surface area contributed by atoms with Crippen molar-refractivity contribution in [1.29, 1.82) is 0 Å². The number of rotatable bonds is 1. The lowest BCUT2D eigenvalue weighted by molar-refractivity contribution is 0.0368. The molecule has 0 N–H and O–H groups in total. The molecule has 4 heteroatoms. The summed E-state index contributed by atoms with van der Waals surface area (Å²) in [6.45, 7) is 3.08. The Labute approximate surface area is 129 Å². The second-order valence-electron chi connectivity index (χ2n) is 6.14. The van der Waals surface area contributed by atoms with Gasteiger partial charge in [0.25, 0.3) is 5.91 Å². The number of hydrogen-bond acceptors (Lipinski definition) is 2. The Balaban J connectivity index is 1.86. The predicted octanol–water partition coefficient (Wildman–Crippen LogP) is 3.15. The van der Waals surface area contributed by atoms with E-state index in [-0.39, 0.29) is 11.4 Å². The second-order valence-corrected chi connectivity index (χ2v) is 7.05. The van der Waals surface area contributed by atoms with Crippen molar-refractivity contribution in [3.05, 3.63) is 34.3 Å². The van der Waals surface area contributed by atoms with E-state index in [0.717, 1.165) is 48.9 Å². The quantitative estimate of drug-likeness (QED) is 0.786. The molecule has 1 atom stereocenters. The molecule has 1 aromatic carbocycles. The molecular formula is C16H21BrN2O. The van der Waals surface area contributed by atoms with Crippen LogP contribution in [0.1, 0.15) is 36.0 Å². The van der Waals surface area contributed by atoms with E-state index >= 15 is 0 Å². The van der Waals surface area contributed by atoms with Crippen molar-refractivity contribution in [3.63, 3.8) is 0 Å². The third-order valence-corrected chi connectivity index (χ3v) is 5.15. The molecule has 2 aliphatic heterocycles. The summed E-state index contributed by atoms with van der Waals surface area (Å²) in [6.07, 6.45) is 4.63. The number of likely N-dealkylation sites (N-methyl/N-ethyl adjacent to an activating group) is 1. The van der Waals surface area contributed by atoms with Crippen molar-refractivity contribution in [1.82, 2.24) is 9.80 Å². The van der Waals surface area contributed by atoms with Gasteiger partial charge in [0.05, 0.1) is 5.54 Å². The van der Waals surface area contributed by atoms with Gasteiger partial charge in [0.15, 0.2) is 0 Å². The van der Waals surface area contributed by atoms with E-state index in [4.69, 9.17) is 0 Å². The molecule has 1 aromatic rings. The summed E-state index contributed by atoms with van der Waals surface area (Å²) in [6, 6.07) is 7.75. The zero-order chi connectivity index (χ0) is 14.2. The third kappa shape index (κ3) is 2.51. The summed E-state index contributed by atoms with van der Waals surface area (Å²) in [5.41, 5.74) is 0.876. The van der Waals surface area contributed by atoms with Crippen LogP contribution in [-0.4, -0.2) is 47.9 Å². The minimum Gasteiger partial charge on any atom is -0.332 e. The molecular weight excluding hydrogens is 316 g/mol. The van der Waals surface area contributed by atoms with Gasteiger partial charge in [-0.15, -0.1) is 0 Å². The number of piperidine rings is 1. The normalized spacial score (nSPS) is 27.2. The summed E-state index contributed by atoms with van der Waals surface area (Å²) in [4.78, 5) is 17.4. The summed E-state index contributed by atoms with van der Waals surface area (Å²) in [5, 5.41) is 0. The van der Waals surface area contributed by atoms with Gasteiger partial charge in [-0.1, -0.05) is 22.0 Å². The highest BCUT2D eigenvalue weighted by atomic mass is 79.9. The molecule has 3 rings (SSSR count). The van der Waals surface area contributed by atoms with Crippen LogP contribution in [0.15, 0.2) is 28.7 Å². The number of likely N-dealkylation sites (tertiary alicyclic amines) is 2. The van der Waals surface area contributed by atoms with Gasteiger partial charge in [-0.25, -0.2) is 0 Å². The number of benzene rings is 1. The number of carbonyl (C=O) groups is 1. The summed E-state index contributed by atoms with van der Waals surface area (Å²) in [7, 11) is 2.17. The lowest BCUT2D eigenvalue weighted by Crippen LogP contribution is -2.56. The maximum absolute atomic E-state index is 12.9. The first kappa shape index (κ1) is 14.1. The largest absolute Gasteiger partial charge is 0.332 e. The van der Waals surface area contributed by atoms with E-state index in [1.165, 1.54) is 6.42 Å². The van der Waals surface area contributed by atoms with Crippen LogP contribution in [0.4, 0.5) is 0 Å². The van der Waals surface area contributed by atoms with E-state index in [1.807, 2.05) is 24.3 Å². The SMILES string of the molecule is CN1CCCC2(CCCN2C(=O)c2cccc(Br)c2)C1. The predicted molar refractivity (Wildman–Crippen MR) is 83.9 cm³/mol. The first-order chi connectivity index (χ1) is 9.61. The Morgan fingerprint density at radius 1 is 1.25 bits per heavy atom. The Bertz CT molecular complexity index is 519. The average molecular weight is 337 g/mol. The van der Waals surface area contributed by atoms with E-state index < -0.39 is 0 Å². The highest BCUT2D eigenvalue weighted by Crippen LogP contribution is 2.37. The topological polar surface area (TPSA) is 23.6 Å². The maximum Gasteiger partial charge on any atom is 0.254 e. The molecule has 1 amide bonds. The van der Waals surface area contributed by atoms with E-state index in [0.29, 0.717) is 0 Å². The molecule has 20 heavy (non-hydrogen) atoms. The molecule has 1 unspecified atom stereocenters. The van der Waals surface area contributed by atoms with Crippen LogP contribution in [0.25, 0.3) is 0 Å². The minimum atomic E-state index is 0.0758. The highest BCUT2D eigenvalue weighted by Gasteiger charge is 2.45. The fourth-order valence-electron chi connectivity index (χ4n) is 3.80. The first-order valence-electron chi connectivity index (χ1n) is 7.37. The van der Waals surface area contributed by atoms with Gasteiger partial charge in [0.2, 0.25) is 0 Å². The molecule has 2 heterocycles. The van der Waals surface area contributed by atoms with Crippen LogP contribution < -0.4 is 0 Å². The fourth-order valence-corrected chi connectivity index (χ4v) is 4.19. The van der Waals surface area contributed by atoms with Crippen molar-refractivity contribution >= 4 is 21.8 Å². The number of halogens is 1. The number of nitrogens with zero attached hydrogens (tertiary/aromatic N) is 2. The Kier molecular flexibility index (Phi) is 3.87. The minimum absolute atomic E-state index is 0.0758. The zero-order valence-electron chi connectivity index (χ0n) is 11.9. The molecule has 0 radical (unpaired) electrons. The van der Waals surface area contributed by atoms with Gasteiger partial charge in [-0.2, -0.15) is 0 Å². The van der Waals surface area contributed by atoms with E-state index in [9.17, 15) is 4.79 Å². The molecule has 0 aromatic heterocycles. The number of hydrogen-bond donors (Lipinski definition) is 0. The third-order valence-electron chi connectivity index (χ3n) is 4.66. The van der Waals surface area contributed by atoms with Gasteiger partial charge >= 0.3 is 0 Å². The molecule has 2 saturated heterocycles. The van der Waals surface area contributed by atoms with Crippen LogP contribution in [0, 0.1) is 0 Å². The van der Waals surface area contributed by atoms with Gasteiger partial charge in [0.1, 0.15) is 0 Å². The van der Waals surface area contributed by atoms with Crippen LogP contribution >= 0.6 is 15.9 Å². The standard InChI is InChI=1S/C16H21BrN2O/c1-18-9-3-7-16(12-18)8-4-10-19(16)15(20)13-5-2-6-14(17)11-13/h2,5-6,11H,3-4,7-10,12H2,1H3. The molecule has 2 fully saturated rings.